The topological polar surface area (TPSA) is 35.3 Å². The van der Waals surface area contributed by atoms with Crippen LogP contribution in [-0.4, -0.2) is 23.0 Å². The summed E-state index contributed by atoms with van der Waals surface area (Å²) in [6.07, 6.45) is 1.94. The van der Waals surface area contributed by atoms with Gasteiger partial charge in [0, 0.05) is 17.9 Å². The molecule has 3 nitrogen and oxygen atoms in total. The fourth-order valence-electron chi connectivity index (χ4n) is 2.18. The zero-order valence-corrected chi connectivity index (χ0v) is 11.0. The molecule has 90 valence electrons. The first kappa shape index (κ1) is 11.2. The fraction of sp³-hybridized carbons (Fsp3) is 0.462. The Morgan fingerprint density at radius 2 is 2.29 bits per heavy atom. The number of halogens is 1. The number of benzene rings is 1. The molecular weight excluding hydrogens is 282 g/mol. The van der Waals surface area contributed by atoms with Gasteiger partial charge in [-0.05, 0) is 24.5 Å². The molecule has 1 aliphatic rings. The van der Waals surface area contributed by atoms with E-state index in [2.05, 4.69) is 20.9 Å². The Hall–Kier alpha value is -0.870. The van der Waals surface area contributed by atoms with E-state index in [1.54, 1.807) is 0 Å². The molecule has 17 heavy (non-hydrogen) atoms. The molecule has 0 amide bonds. The van der Waals surface area contributed by atoms with Crippen LogP contribution in [0.15, 0.2) is 28.7 Å². The minimum absolute atomic E-state index is 0.387. The summed E-state index contributed by atoms with van der Waals surface area (Å²) in [5.41, 5.74) is 1.80. The molecule has 1 saturated heterocycles. The quantitative estimate of drug-likeness (QED) is 0.816. The Kier molecular flexibility index (Phi) is 3.16. The Bertz CT molecular complexity index is 472. The van der Waals surface area contributed by atoms with Crippen LogP contribution in [0.2, 0.25) is 0 Å². The molecule has 0 spiro atoms. The first-order valence-corrected chi connectivity index (χ1v) is 6.81. The van der Waals surface area contributed by atoms with Crippen molar-refractivity contribution in [1.29, 1.82) is 0 Å². The summed E-state index contributed by atoms with van der Waals surface area (Å²) in [7, 11) is 0. The van der Waals surface area contributed by atoms with Crippen LogP contribution in [-0.2, 0) is 11.2 Å². The van der Waals surface area contributed by atoms with Gasteiger partial charge in [0.2, 0.25) is 0 Å². The van der Waals surface area contributed by atoms with E-state index in [4.69, 9.17) is 9.15 Å². The van der Waals surface area contributed by atoms with Gasteiger partial charge in [-0.25, -0.2) is 4.98 Å². The van der Waals surface area contributed by atoms with E-state index in [1.807, 2.05) is 24.3 Å². The van der Waals surface area contributed by atoms with Crippen molar-refractivity contribution >= 4 is 27.0 Å². The number of hydrogen-bond acceptors (Lipinski definition) is 3. The Morgan fingerprint density at radius 1 is 1.41 bits per heavy atom. The lowest BCUT2D eigenvalue weighted by atomic mass is 10.0. The number of alkyl halides is 1. The monoisotopic (exact) mass is 295 g/mol. The van der Waals surface area contributed by atoms with E-state index in [1.165, 1.54) is 0 Å². The number of para-hydroxylation sites is 2. The number of hydrogen-bond donors (Lipinski definition) is 0. The molecule has 1 aliphatic heterocycles. The molecule has 1 aromatic carbocycles. The Balaban J connectivity index is 1.75. The smallest absolute Gasteiger partial charge is 0.196 e. The molecule has 1 aromatic heterocycles. The molecule has 0 radical (unpaired) electrons. The van der Waals surface area contributed by atoms with Gasteiger partial charge in [0.25, 0.3) is 0 Å². The summed E-state index contributed by atoms with van der Waals surface area (Å²) in [5.74, 6) is 1.38. The van der Waals surface area contributed by atoms with Gasteiger partial charge in [0.1, 0.15) is 5.52 Å². The lowest BCUT2D eigenvalue weighted by Crippen LogP contribution is -2.17. The van der Waals surface area contributed by atoms with Crippen molar-refractivity contribution in [2.75, 3.05) is 13.2 Å². The molecule has 0 saturated carbocycles. The minimum Gasteiger partial charge on any atom is -0.441 e. The maximum absolute atomic E-state index is 5.72. The largest absolute Gasteiger partial charge is 0.441 e. The number of aromatic nitrogens is 1. The van der Waals surface area contributed by atoms with Gasteiger partial charge < -0.3 is 9.15 Å². The predicted molar refractivity (Wildman–Crippen MR) is 69.4 cm³/mol. The van der Waals surface area contributed by atoms with Gasteiger partial charge in [-0.15, -0.1) is 0 Å². The van der Waals surface area contributed by atoms with Gasteiger partial charge in [-0.2, -0.15) is 0 Å². The second-order valence-corrected chi connectivity index (χ2v) is 5.60. The second kappa shape index (κ2) is 4.78. The zero-order chi connectivity index (χ0) is 11.7. The van der Waals surface area contributed by atoms with Gasteiger partial charge in [0.05, 0.1) is 6.61 Å². The molecule has 4 heteroatoms. The van der Waals surface area contributed by atoms with E-state index < -0.39 is 0 Å². The van der Waals surface area contributed by atoms with Crippen molar-refractivity contribution in [1.82, 2.24) is 4.98 Å². The highest BCUT2D eigenvalue weighted by molar-refractivity contribution is 9.09. The van der Waals surface area contributed by atoms with Gasteiger partial charge in [-0.3, -0.25) is 0 Å². The predicted octanol–water partition coefficient (Wildman–Crippen LogP) is 3.17. The normalized spacial score (nSPS) is 22.1. The summed E-state index contributed by atoms with van der Waals surface area (Å²) < 4.78 is 11.1. The lowest BCUT2D eigenvalue weighted by Gasteiger charge is -2.13. The number of rotatable bonds is 3. The van der Waals surface area contributed by atoms with Crippen LogP contribution in [0.4, 0.5) is 0 Å². The lowest BCUT2D eigenvalue weighted by molar-refractivity contribution is 0.185. The molecule has 0 N–H and O–H groups in total. The number of fused-ring (bicyclic) bond motifs is 1. The molecular formula is C13H14BrNO2. The van der Waals surface area contributed by atoms with E-state index in [0.717, 1.165) is 43.0 Å². The van der Waals surface area contributed by atoms with Crippen molar-refractivity contribution in [2.24, 2.45) is 5.92 Å². The fourth-order valence-corrected chi connectivity index (χ4v) is 2.87. The minimum atomic E-state index is 0.387. The highest BCUT2D eigenvalue weighted by atomic mass is 79.9. The number of nitrogens with zero attached hydrogens (tertiary/aromatic N) is 1. The SMILES string of the molecule is BrC(Cc1nc2ccccc2o1)C1CCOC1. The molecule has 2 atom stereocenters. The molecule has 3 rings (SSSR count). The van der Waals surface area contributed by atoms with Crippen LogP contribution >= 0.6 is 15.9 Å². The average molecular weight is 296 g/mol. The maximum Gasteiger partial charge on any atom is 0.196 e. The van der Waals surface area contributed by atoms with Crippen LogP contribution in [0.3, 0.4) is 0 Å². The van der Waals surface area contributed by atoms with E-state index >= 15 is 0 Å². The standard InChI is InChI=1S/C13H14BrNO2/c14-10(9-5-6-16-8-9)7-13-15-11-3-1-2-4-12(11)17-13/h1-4,9-10H,5-8H2. The Labute approximate surface area is 108 Å². The second-order valence-electron chi connectivity index (χ2n) is 4.42. The van der Waals surface area contributed by atoms with Gasteiger partial charge in [0.15, 0.2) is 11.5 Å². The van der Waals surface area contributed by atoms with E-state index in [0.29, 0.717) is 10.7 Å². The molecule has 2 unspecified atom stereocenters. The summed E-state index contributed by atoms with van der Waals surface area (Å²) in [5, 5.41) is 0. The molecule has 0 bridgehead atoms. The van der Waals surface area contributed by atoms with Crippen molar-refractivity contribution in [3.63, 3.8) is 0 Å². The zero-order valence-electron chi connectivity index (χ0n) is 9.43. The third-order valence-corrected chi connectivity index (χ3v) is 4.26. The first-order chi connectivity index (χ1) is 8.33. The van der Waals surface area contributed by atoms with Gasteiger partial charge >= 0.3 is 0 Å². The third-order valence-electron chi connectivity index (χ3n) is 3.18. The van der Waals surface area contributed by atoms with Crippen LogP contribution in [0.25, 0.3) is 11.1 Å². The van der Waals surface area contributed by atoms with Crippen LogP contribution in [0, 0.1) is 5.92 Å². The highest BCUT2D eigenvalue weighted by Crippen LogP contribution is 2.26. The van der Waals surface area contributed by atoms with Crippen LogP contribution < -0.4 is 0 Å². The van der Waals surface area contributed by atoms with Gasteiger partial charge in [-0.1, -0.05) is 28.1 Å². The highest BCUT2D eigenvalue weighted by Gasteiger charge is 2.25. The average Bonchev–Trinajstić information content (AvgIpc) is 2.97. The molecule has 0 aliphatic carbocycles. The van der Waals surface area contributed by atoms with E-state index in [-0.39, 0.29) is 0 Å². The number of ether oxygens (including phenoxy) is 1. The maximum atomic E-state index is 5.72. The van der Waals surface area contributed by atoms with Crippen molar-refractivity contribution in [3.8, 4) is 0 Å². The van der Waals surface area contributed by atoms with Crippen molar-refractivity contribution < 1.29 is 9.15 Å². The molecule has 1 fully saturated rings. The van der Waals surface area contributed by atoms with E-state index in [9.17, 15) is 0 Å². The molecule has 2 heterocycles. The van der Waals surface area contributed by atoms with Crippen molar-refractivity contribution in [2.45, 2.75) is 17.7 Å². The van der Waals surface area contributed by atoms with Crippen LogP contribution in [0.1, 0.15) is 12.3 Å². The summed E-state index contributed by atoms with van der Waals surface area (Å²) in [6.45, 7) is 1.72. The Morgan fingerprint density at radius 3 is 3.06 bits per heavy atom. The van der Waals surface area contributed by atoms with Crippen molar-refractivity contribution in [3.05, 3.63) is 30.2 Å². The summed E-state index contributed by atoms with van der Waals surface area (Å²) in [4.78, 5) is 4.87. The first-order valence-electron chi connectivity index (χ1n) is 5.89. The number of oxazole rings is 1. The third kappa shape index (κ3) is 2.38. The molecule has 2 aromatic rings. The summed E-state index contributed by atoms with van der Waals surface area (Å²) in [6, 6.07) is 7.87. The summed E-state index contributed by atoms with van der Waals surface area (Å²) >= 11 is 3.72. The van der Waals surface area contributed by atoms with Crippen LogP contribution in [0.5, 0.6) is 0 Å².